The van der Waals surface area contributed by atoms with E-state index in [4.69, 9.17) is 10.5 Å². The summed E-state index contributed by atoms with van der Waals surface area (Å²) in [5, 5.41) is 4.81. The van der Waals surface area contributed by atoms with E-state index in [1.54, 1.807) is 11.3 Å². The van der Waals surface area contributed by atoms with Crippen LogP contribution in [0.25, 0.3) is 0 Å². The highest BCUT2D eigenvalue weighted by Gasteiger charge is 2.28. The lowest BCUT2D eigenvalue weighted by Gasteiger charge is -2.10. The molecule has 0 fully saturated rings. The van der Waals surface area contributed by atoms with Crippen molar-refractivity contribution in [3.8, 4) is 5.75 Å². The summed E-state index contributed by atoms with van der Waals surface area (Å²) < 4.78 is 6.59. The number of nitrogens with one attached hydrogen (secondary N) is 1. The molecule has 0 radical (unpaired) electrons. The lowest BCUT2D eigenvalue weighted by molar-refractivity contribution is -0.116. The third-order valence-corrected chi connectivity index (χ3v) is 4.72. The fourth-order valence-electron chi connectivity index (χ4n) is 2.11. The lowest BCUT2D eigenvalue weighted by Crippen LogP contribution is -2.19. The first-order valence-electron chi connectivity index (χ1n) is 6.20. The first-order valence-corrected chi connectivity index (χ1v) is 7.87. The van der Waals surface area contributed by atoms with Gasteiger partial charge >= 0.3 is 0 Å². The van der Waals surface area contributed by atoms with Gasteiger partial charge in [0, 0.05) is 28.6 Å². The summed E-state index contributed by atoms with van der Waals surface area (Å²) in [4.78, 5) is 12.8. The summed E-state index contributed by atoms with van der Waals surface area (Å²) in [6, 6.07) is 7.19. The SMILES string of the molecule is NC1C(=O)Nc2cc(OCCc3cccs3)c(Br)cc21. The summed E-state index contributed by atoms with van der Waals surface area (Å²) in [7, 11) is 0. The fraction of sp³-hybridized carbons (Fsp3) is 0.214. The molecule has 1 aromatic carbocycles. The second-order valence-electron chi connectivity index (χ2n) is 4.51. The molecular formula is C14H13BrN2O2S. The van der Waals surface area contributed by atoms with Gasteiger partial charge < -0.3 is 15.8 Å². The number of benzene rings is 1. The van der Waals surface area contributed by atoms with Crippen LogP contribution in [0, 0.1) is 0 Å². The Morgan fingerprint density at radius 3 is 3.05 bits per heavy atom. The number of ether oxygens (including phenoxy) is 1. The molecule has 6 heteroatoms. The normalized spacial score (nSPS) is 16.9. The highest BCUT2D eigenvalue weighted by Crippen LogP contribution is 2.37. The Morgan fingerprint density at radius 1 is 1.45 bits per heavy atom. The smallest absolute Gasteiger partial charge is 0.245 e. The Morgan fingerprint density at radius 2 is 2.30 bits per heavy atom. The van der Waals surface area contributed by atoms with Crippen LogP contribution >= 0.6 is 27.3 Å². The molecule has 1 amide bonds. The summed E-state index contributed by atoms with van der Waals surface area (Å²) in [6.07, 6.45) is 0.868. The molecule has 1 aromatic heterocycles. The molecule has 1 aliphatic heterocycles. The first-order chi connectivity index (χ1) is 9.65. The van der Waals surface area contributed by atoms with Crippen molar-refractivity contribution in [2.45, 2.75) is 12.5 Å². The van der Waals surface area contributed by atoms with Crippen molar-refractivity contribution in [2.24, 2.45) is 5.73 Å². The maximum absolute atomic E-state index is 11.5. The highest BCUT2D eigenvalue weighted by molar-refractivity contribution is 9.10. The van der Waals surface area contributed by atoms with Gasteiger partial charge in [-0.2, -0.15) is 0 Å². The molecule has 1 unspecified atom stereocenters. The maximum Gasteiger partial charge on any atom is 0.245 e. The van der Waals surface area contributed by atoms with Crippen molar-refractivity contribution in [1.82, 2.24) is 0 Å². The van der Waals surface area contributed by atoms with Crippen LogP contribution in [0.2, 0.25) is 0 Å². The summed E-state index contributed by atoms with van der Waals surface area (Å²) >= 11 is 5.18. The molecule has 0 bridgehead atoms. The fourth-order valence-corrected chi connectivity index (χ4v) is 3.28. The molecule has 0 spiro atoms. The van der Waals surface area contributed by atoms with Crippen molar-refractivity contribution in [2.75, 3.05) is 11.9 Å². The molecule has 2 heterocycles. The minimum atomic E-state index is -0.596. The average molecular weight is 353 g/mol. The van der Waals surface area contributed by atoms with E-state index in [1.807, 2.05) is 18.2 Å². The zero-order chi connectivity index (χ0) is 14.1. The maximum atomic E-state index is 11.5. The third kappa shape index (κ3) is 2.59. The number of thiophene rings is 1. The van der Waals surface area contributed by atoms with E-state index in [1.165, 1.54) is 4.88 Å². The molecule has 1 atom stereocenters. The second-order valence-corrected chi connectivity index (χ2v) is 6.40. The van der Waals surface area contributed by atoms with Crippen LogP contribution in [0.4, 0.5) is 5.69 Å². The van der Waals surface area contributed by atoms with E-state index in [-0.39, 0.29) is 5.91 Å². The van der Waals surface area contributed by atoms with Crippen molar-refractivity contribution >= 4 is 38.9 Å². The standard InChI is InChI=1S/C14H13BrN2O2S/c15-10-6-9-11(17-14(18)13(9)16)7-12(10)19-4-3-8-2-1-5-20-8/h1-2,5-7,13H,3-4,16H2,(H,17,18). The summed E-state index contributed by atoms with van der Waals surface area (Å²) in [5.74, 6) is 0.539. The number of carbonyl (C=O) groups excluding carboxylic acids is 1. The summed E-state index contributed by atoms with van der Waals surface area (Å²) in [6.45, 7) is 0.595. The van der Waals surface area contributed by atoms with Crippen LogP contribution in [0.15, 0.2) is 34.1 Å². The number of rotatable bonds is 4. The molecule has 104 valence electrons. The van der Waals surface area contributed by atoms with Crippen LogP contribution < -0.4 is 15.8 Å². The molecule has 0 saturated carbocycles. The van der Waals surface area contributed by atoms with Gasteiger partial charge in [0.05, 0.1) is 11.1 Å². The van der Waals surface area contributed by atoms with Crippen LogP contribution in [0.1, 0.15) is 16.5 Å². The topological polar surface area (TPSA) is 64.4 Å². The highest BCUT2D eigenvalue weighted by atomic mass is 79.9. The second kappa shape index (κ2) is 5.55. The molecule has 4 nitrogen and oxygen atoms in total. The van der Waals surface area contributed by atoms with Gasteiger partial charge in [-0.1, -0.05) is 6.07 Å². The largest absolute Gasteiger partial charge is 0.492 e. The van der Waals surface area contributed by atoms with E-state index in [9.17, 15) is 4.79 Å². The number of amides is 1. The van der Waals surface area contributed by atoms with Crippen molar-refractivity contribution < 1.29 is 9.53 Å². The summed E-state index contributed by atoms with van der Waals surface area (Å²) in [5.41, 5.74) is 7.33. The minimum Gasteiger partial charge on any atom is -0.492 e. The molecule has 20 heavy (non-hydrogen) atoms. The lowest BCUT2D eigenvalue weighted by atomic mass is 10.1. The van der Waals surface area contributed by atoms with Crippen LogP contribution in [0.5, 0.6) is 5.75 Å². The molecule has 3 N–H and O–H groups in total. The number of fused-ring (bicyclic) bond motifs is 1. The number of halogens is 1. The number of nitrogens with two attached hydrogens (primary N) is 1. The van der Waals surface area contributed by atoms with Gasteiger partial charge in [-0.05, 0) is 33.4 Å². The van der Waals surface area contributed by atoms with E-state index in [0.717, 1.165) is 27.9 Å². The number of anilines is 1. The van der Waals surface area contributed by atoms with E-state index in [2.05, 4.69) is 32.7 Å². The molecule has 1 aliphatic rings. The van der Waals surface area contributed by atoms with Gasteiger partial charge in [-0.25, -0.2) is 0 Å². The van der Waals surface area contributed by atoms with E-state index >= 15 is 0 Å². The zero-order valence-corrected chi connectivity index (χ0v) is 13.0. The zero-order valence-electron chi connectivity index (χ0n) is 10.6. The molecule has 3 rings (SSSR count). The van der Waals surface area contributed by atoms with Crippen molar-refractivity contribution in [3.63, 3.8) is 0 Å². The Bertz CT molecular complexity index is 643. The Labute approximate surface area is 129 Å². The van der Waals surface area contributed by atoms with Gasteiger partial charge in [0.15, 0.2) is 0 Å². The molecular weight excluding hydrogens is 340 g/mol. The van der Waals surface area contributed by atoms with Gasteiger partial charge in [0.1, 0.15) is 11.8 Å². The van der Waals surface area contributed by atoms with Gasteiger partial charge in [-0.15, -0.1) is 11.3 Å². The molecule has 0 aliphatic carbocycles. The van der Waals surface area contributed by atoms with Crippen molar-refractivity contribution in [1.29, 1.82) is 0 Å². The van der Waals surface area contributed by atoms with Crippen LogP contribution in [-0.2, 0) is 11.2 Å². The van der Waals surface area contributed by atoms with Crippen LogP contribution in [-0.4, -0.2) is 12.5 Å². The predicted molar refractivity (Wildman–Crippen MR) is 83.2 cm³/mol. The Balaban J connectivity index is 1.71. The third-order valence-electron chi connectivity index (χ3n) is 3.17. The van der Waals surface area contributed by atoms with Gasteiger partial charge in [0.2, 0.25) is 5.91 Å². The van der Waals surface area contributed by atoms with Crippen LogP contribution in [0.3, 0.4) is 0 Å². The Hall–Kier alpha value is -1.37. The number of hydrogen-bond acceptors (Lipinski definition) is 4. The average Bonchev–Trinajstić information content (AvgIpc) is 3.02. The minimum absolute atomic E-state index is 0.178. The molecule has 0 saturated heterocycles. The van der Waals surface area contributed by atoms with Gasteiger partial charge in [0.25, 0.3) is 0 Å². The van der Waals surface area contributed by atoms with E-state index in [0.29, 0.717) is 6.61 Å². The number of carbonyl (C=O) groups is 1. The van der Waals surface area contributed by atoms with Crippen molar-refractivity contribution in [3.05, 3.63) is 44.6 Å². The number of hydrogen-bond donors (Lipinski definition) is 2. The first kappa shape index (κ1) is 13.6. The van der Waals surface area contributed by atoms with E-state index < -0.39 is 6.04 Å². The molecule has 2 aromatic rings. The Kier molecular flexibility index (Phi) is 3.78. The predicted octanol–water partition coefficient (Wildman–Crippen LogP) is 3.08. The monoisotopic (exact) mass is 352 g/mol. The van der Waals surface area contributed by atoms with Gasteiger partial charge in [-0.3, -0.25) is 4.79 Å². The quantitative estimate of drug-likeness (QED) is 0.888.